The van der Waals surface area contributed by atoms with Gasteiger partial charge in [-0.1, -0.05) is 35.9 Å². The first-order valence-electron chi connectivity index (χ1n) is 8.54. The van der Waals surface area contributed by atoms with Crippen LogP contribution in [0, 0.1) is 6.92 Å². The number of carbonyl (C=O) groups is 1. The first-order valence-corrected chi connectivity index (χ1v) is 11.1. The minimum absolute atomic E-state index is 0.0449. The molecule has 25 heavy (non-hydrogen) atoms. The second-order valence-electron chi connectivity index (χ2n) is 6.53. The summed E-state index contributed by atoms with van der Waals surface area (Å²) >= 11 is 1.48. The third kappa shape index (κ3) is 4.50. The molecule has 0 bridgehead atoms. The average Bonchev–Trinajstić information content (AvgIpc) is 3.04. The van der Waals surface area contributed by atoms with Crippen molar-refractivity contribution < 1.29 is 13.2 Å². The minimum atomic E-state index is -3.21. The van der Waals surface area contributed by atoms with Gasteiger partial charge in [-0.2, -0.15) is 0 Å². The van der Waals surface area contributed by atoms with Gasteiger partial charge in [0.05, 0.1) is 11.0 Å². The Balaban J connectivity index is 1.63. The van der Waals surface area contributed by atoms with Gasteiger partial charge < -0.3 is 4.90 Å². The molecule has 1 aromatic heterocycles. The van der Waals surface area contributed by atoms with Crippen LogP contribution >= 0.6 is 11.3 Å². The SMILES string of the molecule is Cc1cccc(CCC(=O)N2CCC(c3cccs3)S(=O)(=O)CC2)c1. The van der Waals surface area contributed by atoms with Crippen molar-refractivity contribution in [1.82, 2.24) is 4.90 Å². The van der Waals surface area contributed by atoms with Gasteiger partial charge in [0, 0.05) is 24.4 Å². The molecule has 6 heteroatoms. The van der Waals surface area contributed by atoms with Crippen molar-refractivity contribution in [2.24, 2.45) is 0 Å². The van der Waals surface area contributed by atoms with Crippen molar-refractivity contribution in [2.45, 2.75) is 31.4 Å². The lowest BCUT2D eigenvalue weighted by atomic mass is 10.1. The molecular weight excluding hydrogens is 354 g/mol. The maximum absolute atomic E-state index is 12.6. The highest BCUT2D eigenvalue weighted by Gasteiger charge is 2.33. The van der Waals surface area contributed by atoms with Crippen molar-refractivity contribution in [1.29, 1.82) is 0 Å². The van der Waals surface area contributed by atoms with Gasteiger partial charge in [0.2, 0.25) is 5.91 Å². The van der Waals surface area contributed by atoms with Crippen molar-refractivity contribution in [3.05, 3.63) is 57.8 Å². The molecule has 1 fully saturated rings. The molecule has 1 aliphatic rings. The molecule has 2 heterocycles. The Morgan fingerprint density at radius 2 is 2.08 bits per heavy atom. The van der Waals surface area contributed by atoms with Gasteiger partial charge in [-0.25, -0.2) is 8.42 Å². The van der Waals surface area contributed by atoms with E-state index in [1.165, 1.54) is 16.9 Å². The van der Waals surface area contributed by atoms with Gasteiger partial charge in [-0.15, -0.1) is 11.3 Å². The lowest BCUT2D eigenvalue weighted by Gasteiger charge is -2.20. The number of carbonyl (C=O) groups excluding carboxylic acids is 1. The third-order valence-corrected chi connectivity index (χ3v) is 7.91. The molecule has 4 nitrogen and oxygen atoms in total. The van der Waals surface area contributed by atoms with Gasteiger partial charge in [-0.3, -0.25) is 4.79 Å². The number of hydrogen-bond acceptors (Lipinski definition) is 4. The summed E-state index contributed by atoms with van der Waals surface area (Å²) in [5, 5.41) is 1.43. The molecule has 1 amide bonds. The monoisotopic (exact) mass is 377 g/mol. The topological polar surface area (TPSA) is 54.5 Å². The summed E-state index contributed by atoms with van der Waals surface area (Å²) in [5.74, 6) is 0.0923. The van der Waals surface area contributed by atoms with Gasteiger partial charge in [-0.05, 0) is 36.8 Å². The summed E-state index contributed by atoms with van der Waals surface area (Å²) in [5.41, 5.74) is 2.33. The Labute approximate surface area is 153 Å². The lowest BCUT2D eigenvalue weighted by Crippen LogP contribution is -2.33. The molecule has 1 atom stereocenters. The highest BCUT2D eigenvalue weighted by molar-refractivity contribution is 7.91. The highest BCUT2D eigenvalue weighted by Crippen LogP contribution is 2.32. The number of nitrogens with zero attached hydrogens (tertiary/aromatic N) is 1. The van der Waals surface area contributed by atoms with Crippen LogP contribution in [0.25, 0.3) is 0 Å². The molecule has 3 rings (SSSR count). The van der Waals surface area contributed by atoms with Crippen LogP contribution in [-0.4, -0.2) is 38.1 Å². The van der Waals surface area contributed by atoms with Gasteiger partial charge in [0.1, 0.15) is 0 Å². The van der Waals surface area contributed by atoms with Crippen molar-refractivity contribution >= 4 is 27.1 Å². The molecule has 1 saturated heterocycles. The van der Waals surface area contributed by atoms with Crippen LogP contribution in [0.2, 0.25) is 0 Å². The zero-order valence-corrected chi connectivity index (χ0v) is 16.0. The summed E-state index contributed by atoms with van der Waals surface area (Å²) in [6, 6.07) is 11.9. The Kier molecular flexibility index (Phi) is 5.59. The van der Waals surface area contributed by atoms with Crippen molar-refractivity contribution in [3.8, 4) is 0 Å². The highest BCUT2D eigenvalue weighted by atomic mass is 32.2. The Morgan fingerprint density at radius 1 is 1.24 bits per heavy atom. The normalized spacial score (nSPS) is 20.2. The van der Waals surface area contributed by atoms with Gasteiger partial charge in [0.25, 0.3) is 0 Å². The zero-order valence-electron chi connectivity index (χ0n) is 14.3. The molecule has 2 aromatic rings. The van der Waals surface area contributed by atoms with E-state index in [9.17, 15) is 13.2 Å². The molecule has 1 unspecified atom stereocenters. The van der Waals surface area contributed by atoms with Crippen molar-refractivity contribution in [3.63, 3.8) is 0 Å². The van der Waals surface area contributed by atoms with E-state index in [0.717, 1.165) is 10.4 Å². The molecule has 0 spiro atoms. The van der Waals surface area contributed by atoms with Gasteiger partial charge >= 0.3 is 0 Å². The van der Waals surface area contributed by atoms with Crippen LogP contribution in [0.5, 0.6) is 0 Å². The minimum Gasteiger partial charge on any atom is -0.342 e. The van der Waals surface area contributed by atoms with Gasteiger partial charge in [0.15, 0.2) is 9.84 Å². The molecule has 0 saturated carbocycles. The molecule has 1 aromatic carbocycles. The van der Waals surface area contributed by atoms with E-state index in [2.05, 4.69) is 6.07 Å². The van der Waals surface area contributed by atoms with Crippen LogP contribution in [0.1, 0.15) is 34.1 Å². The number of amides is 1. The lowest BCUT2D eigenvalue weighted by molar-refractivity contribution is -0.130. The van der Waals surface area contributed by atoms with Crippen LogP contribution in [0.15, 0.2) is 41.8 Å². The fourth-order valence-electron chi connectivity index (χ4n) is 3.26. The predicted octanol–water partition coefficient (Wildman–Crippen LogP) is 3.38. The number of rotatable bonds is 4. The standard InChI is InChI=1S/C19H23NO3S2/c1-15-4-2-5-16(14-15)7-8-19(21)20-10-9-18(17-6-3-12-24-17)25(22,23)13-11-20/h2-6,12,14,18H,7-11,13H2,1H3. The maximum Gasteiger partial charge on any atom is 0.222 e. The second kappa shape index (κ2) is 7.70. The first kappa shape index (κ1) is 18.1. The van der Waals surface area contributed by atoms with Crippen LogP contribution in [-0.2, 0) is 21.1 Å². The third-order valence-electron chi connectivity index (χ3n) is 4.66. The molecular formula is C19H23NO3S2. The molecule has 134 valence electrons. The van der Waals surface area contributed by atoms with E-state index >= 15 is 0 Å². The number of sulfone groups is 1. The van der Waals surface area contributed by atoms with Crippen LogP contribution in [0.4, 0.5) is 0 Å². The second-order valence-corrected chi connectivity index (χ2v) is 9.81. The van der Waals surface area contributed by atoms with E-state index in [-0.39, 0.29) is 11.7 Å². The predicted molar refractivity (Wildman–Crippen MR) is 102 cm³/mol. The summed E-state index contributed by atoms with van der Waals surface area (Å²) in [4.78, 5) is 15.2. The van der Waals surface area contributed by atoms with E-state index in [0.29, 0.717) is 32.4 Å². The Hall–Kier alpha value is -1.66. The molecule has 0 N–H and O–H groups in total. The Bertz CT molecular complexity index is 828. The molecule has 0 aliphatic carbocycles. The first-order chi connectivity index (χ1) is 12.0. The van der Waals surface area contributed by atoms with E-state index in [1.54, 1.807) is 4.90 Å². The smallest absolute Gasteiger partial charge is 0.222 e. The van der Waals surface area contributed by atoms with Crippen LogP contribution in [0.3, 0.4) is 0 Å². The van der Waals surface area contributed by atoms with Crippen LogP contribution < -0.4 is 0 Å². The molecule has 1 aliphatic heterocycles. The van der Waals surface area contributed by atoms with Crippen molar-refractivity contribution in [2.75, 3.05) is 18.8 Å². The van der Waals surface area contributed by atoms with E-state index < -0.39 is 15.1 Å². The average molecular weight is 378 g/mol. The number of aryl methyl sites for hydroxylation is 2. The van der Waals surface area contributed by atoms with E-state index in [1.807, 2.05) is 42.6 Å². The number of benzene rings is 1. The molecule has 0 radical (unpaired) electrons. The number of thiophene rings is 1. The number of hydrogen-bond donors (Lipinski definition) is 0. The zero-order chi connectivity index (χ0) is 17.9. The van der Waals surface area contributed by atoms with E-state index in [4.69, 9.17) is 0 Å². The summed E-state index contributed by atoms with van der Waals surface area (Å²) < 4.78 is 25.1. The summed E-state index contributed by atoms with van der Waals surface area (Å²) in [6.45, 7) is 2.85. The largest absolute Gasteiger partial charge is 0.342 e. The quantitative estimate of drug-likeness (QED) is 0.821. The Morgan fingerprint density at radius 3 is 2.80 bits per heavy atom. The summed E-state index contributed by atoms with van der Waals surface area (Å²) in [7, 11) is -3.21. The maximum atomic E-state index is 12.6. The summed E-state index contributed by atoms with van der Waals surface area (Å²) in [6.07, 6.45) is 1.60. The fraction of sp³-hybridized carbons (Fsp3) is 0.421. The fourth-order valence-corrected chi connectivity index (χ4v) is 6.27.